The minimum atomic E-state index is -3.45. The van der Waals surface area contributed by atoms with Gasteiger partial charge in [-0.3, -0.25) is 62.3 Å². The Morgan fingerprint density at radius 1 is 0.451 bits per heavy atom. The van der Waals surface area contributed by atoms with Gasteiger partial charge < -0.3 is 227 Å². The number of hydrogen-bond acceptors (Lipinski definition) is 45. The van der Waals surface area contributed by atoms with Crippen molar-refractivity contribution in [2.24, 2.45) is 5.73 Å². The van der Waals surface area contributed by atoms with E-state index in [1.807, 2.05) is 0 Å². The van der Waals surface area contributed by atoms with Crippen LogP contribution in [0.25, 0.3) is 0 Å². The molecule has 0 aliphatic carbocycles. The lowest BCUT2D eigenvalue weighted by Crippen LogP contribution is -2.71. The first-order chi connectivity index (χ1) is 66.8. The van der Waals surface area contributed by atoms with Gasteiger partial charge in [0.25, 0.3) is 11.6 Å². The summed E-state index contributed by atoms with van der Waals surface area (Å²) < 4.78 is 72.3. The average Bonchev–Trinajstić information content (AvgIpc) is 0.860. The predicted molar refractivity (Wildman–Crippen MR) is 457 cm³/mol. The Labute approximate surface area is 807 Å². The van der Waals surface area contributed by atoms with E-state index in [1.165, 1.54) is 23.6 Å². The largest absolute Gasteiger partial charge is 0.477 e. The molecule has 0 aromatic heterocycles. The third-order valence-corrected chi connectivity index (χ3v) is 25.7. The molecule has 0 radical (unpaired) electrons. The number of aliphatic hydroxyl groups excluding tert-OH is 18. The second-order valence-corrected chi connectivity index (χ2v) is 36.0. The van der Waals surface area contributed by atoms with Gasteiger partial charge in [0, 0.05) is 67.1 Å². The first-order valence-electron chi connectivity index (χ1n) is 45.7. The number of likely N-dealkylation sites (tertiary alicyclic amines) is 3. The number of carboxylic acid groups (broad SMARTS) is 2. The lowest BCUT2D eigenvalue weighted by atomic mass is 9.88. The van der Waals surface area contributed by atoms with E-state index in [2.05, 4.69) is 47.9 Å². The molecule has 9 rings (SSSR count). The van der Waals surface area contributed by atoms with Crippen LogP contribution in [0.3, 0.4) is 0 Å². The van der Waals surface area contributed by atoms with Crippen LogP contribution in [0.2, 0.25) is 0 Å². The van der Waals surface area contributed by atoms with E-state index < -0.39 is 398 Å². The highest BCUT2D eigenvalue weighted by atomic mass is 16.8. The number of nitrogens with one attached hydrogen (secondary N) is 9. The summed E-state index contributed by atoms with van der Waals surface area (Å²) in [6.45, 7) is -1.58. The highest BCUT2D eigenvalue weighted by molar-refractivity contribution is 5.98. The SMILES string of the molecule is CC(=O)NC1[C@H](OCC2O[C@@H](OC(C)C(NC(=O)C(CO)NC(=O)CNC(=O)C3CCCN3C(C)=O)C(=O)NC(C)C(=O)N3CCCC3C(=O)N3CCCC3C(=O)NC(C)C(N)=O)C(NC(C)=O)[C@@H](O[C@@H]3OC(CO)[C@H](O)[C@H](O[C@]4(C(=O)O)C[C@H](O)[C@@H](NC(C)=O)C([C@H](O)[C@H](O)CO)O4)C3O)[C@H]2O)OC(CO)[C@H](O[C@@H]2OC(CO)[C@H](O)[C@H](O[C@]3(C(=O)O)C[C@H](O)[C@@H](NC(C)=O)C([C@H](O)[C@H](O)CO)O3)C2O)[C@@H]1O. The normalized spacial score (nSPS) is 36.2. The zero-order valence-corrected chi connectivity index (χ0v) is 78.3. The Bertz CT molecular complexity index is 4390. The fourth-order valence-corrected chi connectivity index (χ4v) is 18.4. The van der Waals surface area contributed by atoms with Crippen LogP contribution in [0.15, 0.2) is 0 Å². The molecule has 0 aromatic carbocycles. The van der Waals surface area contributed by atoms with Crippen molar-refractivity contribution in [1.29, 1.82) is 0 Å². The number of nitrogens with two attached hydrogens (primary N) is 1. The topological polar surface area (TPSA) is 915 Å². The van der Waals surface area contributed by atoms with Gasteiger partial charge in [0.15, 0.2) is 25.2 Å². The van der Waals surface area contributed by atoms with Crippen LogP contribution >= 0.6 is 0 Å². The Morgan fingerprint density at radius 2 is 0.887 bits per heavy atom. The fraction of sp³-hybridized carbons (Fsp3) is 0.817. The van der Waals surface area contributed by atoms with E-state index in [-0.39, 0.29) is 45.3 Å². The third kappa shape index (κ3) is 27.2. The Hall–Kier alpha value is -9.15. The van der Waals surface area contributed by atoms with Crippen molar-refractivity contribution in [1.82, 2.24) is 62.6 Å². The molecule has 60 heteroatoms. The number of amides is 13. The van der Waals surface area contributed by atoms with E-state index in [0.717, 1.165) is 46.4 Å². The molecule has 40 atom stereocenters. The van der Waals surface area contributed by atoms with Crippen molar-refractivity contribution in [3.63, 3.8) is 0 Å². The number of nitrogens with zero attached hydrogens (tertiary/aromatic N) is 3. The van der Waals surface area contributed by atoms with Gasteiger partial charge in [-0.15, -0.1) is 0 Å². The summed E-state index contributed by atoms with van der Waals surface area (Å²) in [5.74, 6) is -23.8. The molecule has 13 amide bonds. The summed E-state index contributed by atoms with van der Waals surface area (Å²) in [5, 5.41) is 246. The summed E-state index contributed by atoms with van der Waals surface area (Å²) in [6.07, 6.45) is -64.3. The number of ether oxygens (including phenoxy) is 12. The number of aliphatic carboxylic acids is 2. The second kappa shape index (κ2) is 50.8. The molecule has 60 nitrogen and oxygen atoms in total. The van der Waals surface area contributed by atoms with Gasteiger partial charge in [-0.25, -0.2) is 9.59 Å². The van der Waals surface area contributed by atoms with Crippen molar-refractivity contribution in [2.75, 3.05) is 72.4 Å². The Kier molecular flexibility index (Phi) is 41.6. The van der Waals surface area contributed by atoms with Gasteiger partial charge in [0.2, 0.25) is 76.8 Å². The van der Waals surface area contributed by atoms with Crippen LogP contribution in [0.4, 0.5) is 0 Å². The number of carboxylic acids is 2. The van der Waals surface area contributed by atoms with Crippen molar-refractivity contribution in [3.8, 4) is 0 Å². The number of carbonyl (C=O) groups is 15. The van der Waals surface area contributed by atoms with Gasteiger partial charge in [0.05, 0.1) is 83.2 Å². The lowest BCUT2D eigenvalue weighted by Gasteiger charge is -2.51. The van der Waals surface area contributed by atoms with Crippen LogP contribution in [0.1, 0.15) is 107 Å². The van der Waals surface area contributed by atoms with Gasteiger partial charge in [-0.2, -0.15) is 0 Å². The molecular weight excluding hydrogens is 1920 g/mol. The number of carbonyl (C=O) groups excluding carboxylic acids is 13. The van der Waals surface area contributed by atoms with Crippen LogP contribution in [-0.4, -0.2) is 522 Å². The maximum absolute atomic E-state index is 15.4. The maximum atomic E-state index is 15.4. The lowest BCUT2D eigenvalue weighted by molar-refractivity contribution is -0.385. The Balaban J connectivity index is 1.09. The molecule has 9 fully saturated rings. The number of rotatable bonds is 43. The number of aliphatic hydroxyl groups is 18. The predicted octanol–water partition coefficient (Wildman–Crippen LogP) is -19.1. The van der Waals surface area contributed by atoms with E-state index >= 15 is 4.79 Å². The molecule has 9 heterocycles. The molecular formula is C82H131N13O47. The fourth-order valence-electron chi connectivity index (χ4n) is 18.4. The standard InChI is InChI=1S/C82H131N13O47/c1-28(68(83)120)85-71(123)38-13-10-16-94(38)74(126)39-14-11-17-95(39)73(125)29(2)86-72(124)49(92-69(121)36(21-96)91-48(111)20-84-70(122)37-12-9-15-93(37)35(8)106)30(3)132-76-53(90-34(7)105)63(138-78-61(119)67(57(115)45(25-100)134-78)142-82(80(129)130)19-41(108)51(88-32(5)103)65(140-82)55(113)43(110)23-98)58(116)47(136-76)27-131-75-52(89-33(6)104)59(117)62(46(26-101)135-75)137-77-60(118)66(56(114)44(24-99)133-77)141-81(79(127)128)18-40(107)50(87-31(4)102)64(139-81)54(112)42(109)22-97/h28-30,36-47,49-67,75-78,96-101,107-110,112-119H,9-27H2,1-8H3,(H2,83,120)(H,84,122)(H,85,123)(H,86,124)(H,87,102)(H,88,103)(H,89,104)(H,90,105)(H,91,111)(H,92,121)(H,127,128)(H,129,130)/t28?,29?,30?,36?,37?,38?,39?,40-,41-,42+,43+,44?,45?,46?,47?,49?,50+,51+,52?,53?,54+,55+,56-,57-,58-,59+,60?,61?,62-,63+,64?,65?,66-,67-,75+,76+,77-,78-,81-,82-/m0/s1. The monoisotopic (exact) mass is 2050 g/mol. The van der Waals surface area contributed by atoms with E-state index in [0.29, 0.717) is 12.8 Å². The highest BCUT2D eigenvalue weighted by Crippen LogP contribution is 2.43. The molecule has 0 saturated carbocycles. The second-order valence-electron chi connectivity index (χ2n) is 36.0. The summed E-state index contributed by atoms with van der Waals surface area (Å²) >= 11 is 0. The maximum Gasteiger partial charge on any atom is 0.364 e. The van der Waals surface area contributed by atoms with Gasteiger partial charge in [-0.1, -0.05) is 0 Å². The van der Waals surface area contributed by atoms with Crippen molar-refractivity contribution in [3.05, 3.63) is 0 Å². The summed E-state index contributed by atoms with van der Waals surface area (Å²) in [5.41, 5.74) is 5.39. The quantitative estimate of drug-likeness (QED) is 0.0270. The van der Waals surface area contributed by atoms with Crippen LogP contribution in [-0.2, 0) is 129 Å². The molecule has 9 aliphatic heterocycles. The van der Waals surface area contributed by atoms with Crippen LogP contribution < -0.4 is 53.6 Å². The average molecular weight is 2050 g/mol. The van der Waals surface area contributed by atoms with E-state index in [1.54, 1.807) is 0 Å². The van der Waals surface area contributed by atoms with Crippen molar-refractivity contribution < 1.29 is 231 Å². The van der Waals surface area contributed by atoms with Gasteiger partial charge in [-0.05, 0) is 59.3 Å². The third-order valence-electron chi connectivity index (χ3n) is 25.7. The summed E-state index contributed by atoms with van der Waals surface area (Å²) in [6, 6.07) is -18.7. The smallest absolute Gasteiger partial charge is 0.364 e. The molecule has 0 bridgehead atoms. The molecule has 9 aliphatic rings. The van der Waals surface area contributed by atoms with Crippen LogP contribution in [0.5, 0.6) is 0 Å². The van der Waals surface area contributed by atoms with Crippen LogP contribution in [0, 0.1) is 0 Å². The number of hydrogen-bond donors (Lipinski definition) is 30. The van der Waals surface area contributed by atoms with Crippen molar-refractivity contribution in [2.45, 2.75) is 350 Å². The van der Waals surface area contributed by atoms with E-state index in [9.17, 15) is 169 Å². The zero-order chi connectivity index (χ0) is 106. The molecule has 0 aromatic rings. The van der Waals surface area contributed by atoms with Gasteiger partial charge >= 0.3 is 11.9 Å². The first-order valence-corrected chi connectivity index (χ1v) is 45.7. The van der Waals surface area contributed by atoms with Gasteiger partial charge in [0.1, 0.15) is 176 Å². The van der Waals surface area contributed by atoms with Crippen molar-refractivity contribution >= 4 is 88.7 Å². The molecule has 806 valence electrons. The Morgan fingerprint density at radius 3 is 1.35 bits per heavy atom. The zero-order valence-electron chi connectivity index (χ0n) is 78.3. The molecule has 18 unspecified atom stereocenters. The summed E-state index contributed by atoms with van der Waals surface area (Å²) in [4.78, 5) is 207. The van der Waals surface area contributed by atoms with E-state index in [4.69, 9.17) is 62.6 Å². The molecule has 9 saturated heterocycles. The number of primary amides is 1. The molecule has 31 N–H and O–H groups in total. The minimum Gasteiger partial charge on any atom is -0.477 e. The molecule has 0 spiro atoms. The first kappa shape index (κ1) is 116. The highest BCUT2D eigenvalue weighted by Gasteiger charge is 2.64. The minimum absolute atomic E-state index is 0.0131. The molecule has 142 heavy (non-hydrogen) atoms. The summed E-state index contributed by atoms with van der Waals surface area (Å²) in [7, 11) is 0.